The molecule has 2 aromatic heterocycles. The molecule has 1 aliphatic rings. The summed E-state index contributed by atoms with van der Waals surface area (Å²) in [6.07, 6.45) is 5.50. The lowest BCUT2D eigenvalue weighted by atomic mass is 9.95. The Bertz CT molecular complexity index is 602. The molecule has 116 valence electrons. The molecule has 0 radical (unpaired) electrons. The summed E-state index contributed by atoms with van der Waals surface area (Å²) < 4.78 is 10.2. The van der Waals surface area contributed by atoms with Crippen molar-refractivity contribution in [3.8, 4) is 12.0 Å². The van der Waals surface area contributed by atoms with Gasteiger partial charge in [0, 0.05) is 30.9 Å². The van der Waals surface area contributed by atoms with Crippen molar-refractivity contribution in [1.82, 2.24) is 24.9 Å². The normalized spacial score (nSPS) is 18.1. The summed E-state index contributed by atoms with van der Waals surface area (Å²) in [6.45, 7) is 1.69. The molecule has 1 atom stereocenters. The van der Waals surface area contributed by atoms with Crippen LogP contribution in [0.5, 0.6) is 12.0 Å². The van der Waals surface area contributed by atoms with Crippen LogP contribution < -0.4 is 14.4 Å². The molecule has 0 unspecified atom stereocenters. The quantitative estimate of drug-likeness (QED) is 0.828. The number of aromatic nitrogens is 5. The molecule has 1 aliphatic heterocycles. The summed E-state index contributed by atoms with van der Waals surface area (Å²) in [7, 11) is 3.05. The van der Waals surface area contributed by atoms with Crippen LogP contribution in [0.3, 0.4) is 0 Å². The lowest BCUT2D eigenvalue weighted by Crippen LogP contribution is -2.36. The average molecular weight is 302 g/mol. The van der Waals surface area contributed by atoms with E-state index in [0.29, 0.717) is 11.9 Å². The first kappa shape index (κ1) is 14.4. The topological polar surface area (TPSA) is 86.2 Å². The fourth-order valence-corrected chi connectivity index (χ4v) is 2.59. The predicted octanol–water partition coefficient (Wildman–Crippen LogP) is 1.06. The third kappa shape index (κ3) is 3.05. The van der Waals surface area contributed by atoms with E-state index in [2.05, 4.69) is 29.8 Å². The molecule has 2 aromatic rings. The van der Waals surface area contributed by atoms with E-state index in [1.807, 2.05) is 6.07 Å². The minimum Gasteiger partial charge on any atom is -0.467 e. The Balaban J connectivity index is 1.82. The van der Waals surface area contributed by atoms with Gasteiger partial charge in [-0.1, -0.05) is 0 Å². The van der Waals surface area contributed by atoms with E-state index in [0.717, 1.165) is 31.6 Å². The van der Waals surface area contributed by atoms with Gasteiger partial charge in [-0.05, 0) is 18.9 Å². The number of rotatable bonds is 4. The summed E-state index contributed by atoms with van der Waals surface area (Å²) in [5, 5.41) is 0. The van der Waals surface area contributed by atoms with E-state index in [1.54, 1.807) is 12.5 Å². The third-order valence-electron chi connectivity index (χ3n) is 3.68. The summed E-state index contributed by atoms with van der Waals surface area (Å²) in [4.78, 5) is 23.1. The van der Waals surface area contributed by atoms with Crippen LogP contribution >= 0.6 is 0 Å². The highest BCUT2D eigenvalue weighted by Crippen LogP contribution is 2.28. The maximum absolute atomic E-state index is 5.11. The molecule has 1 saturated heterocycles. The number of anilines is 1. The van der Waals surface area contributed by atoms with E-state index >= 15 is 0 Å². The van der Waals surface area contributed by atoms with Crippen LogP contribution in [0, 0.1) is 0 Å². The number of ether oxygens (including phenoxy) is 2. The van der Waals surface area contributed by atoms with Gasteiger partial charge < -0.3 is 14.4 Å². The van der Waals surface area contributed by atoms with Crippen molar-refractivity contribution in [2.75, 3.05) is 32.2 Å². The van der Waals surface area contributed by atoms with Gasteiger partial charge in [-0.25, -0.2) is 9.97 Å². The maximum atomic E-state index is 5.11. The van der Waals surface area contributed by atoms with Crippen LogP contribution in [0.25, 0.3) is 0 Å². The molecular formula is C14H18N6O2. The van der Waals surface area contributed by atoms with Gasteiger partial charge in [0.15, 0.2) is 0 Å². The zero-order chi connectivity index (χ0) is 15.4. The molecule has 8 nitrogen and oxygen atoms in total. The molecule has 0 aliphatic carbocycles. The molecule has 0 spiro atoms. The lowest BCUT2D eigenvalue weighted by molar-refractivity contribution is 0.338. The predicted molar refractivity (Wildman–Crippen MR) is 79.2 cm³/mol. The Morgan fingerprint density at radius 3 is 2.55 bits per heavy atom. The van der Waals surface area contributed by atoms with Gasteiger partial charge >= 0.3 is 12.0 Å². The van der Waals surface area contributed by atoms with Gasteiger partial charge in [0.25, 0.3) is 0 Å². The van der Waals surface area contributed by atoms with E-state index in [4.69, 9.17) is 9.47 Å². The maximum Gasteiger partial charge on any atom is 0.324 e. The van der Waals surface area contributed by atoms with Gasteiger partial charge in [-0.3, -0.25) is 0 Å². The Morgan fingerprint density at radius 2 is 1.91 bits per heavy atom. The zero-order valence-electron chi connectivity index (χ0n) is 12.6. The Kier molecular flexibility index (Phi) is 4.27. The number of hydrogen-bond acceptors (Lipinski definition) is 8. The lowest BCUT2D eigenvalue weighted by Gasteiger charge is -2.32. The van der Waals surface area contributed by atoms with Crippen LogP contribution in [-0.2, 0) is 0 Å². The average Bonchev–Trinajstić information content (AvgIpc) is 2.62. The SMILES string of the molecule is COc1nc(OC)nc(N2CCC[C@@H](c3ccncn3)C2)n1. The third-order valence-corrected chi connectivity index (χ3v) is 3.68. The van der Waals surface area contributed by atoms with E-state index in [9.17, 15) is 0 Å². The highest BCUT2D eigenvalue weighted by Gasteiger charge is 2.25. The van der Waals surface area contributed by atoms with Crippen LogP contribution in [0.4, 0.5) is 5.95 Å². The molecular weight excluding hydrogens is 284 g/mol. The molecule has 0 aromatic carbocycles. The van der Waals surface area contributed by atoms with Crippen molar-refractivity contribution >= 4 is 5.95 Å². The van der Waals surface area contributed by atoms with E-state index < -0.39 is 0 Å². The van der Waals surface area contributed by atoms with Crippen molar-refractivity contribution in [2.24, 2.45) is 0 Å². The molecule has 0 N–H and O–H groups in total. The molecule has 0 amide bonds. The van der Waals surface area contributed by atoms with Crippen molar-refractivity contribution in [3.63, 3.8) is 0 Å². The van der Waals surface area contributed by atoms with Crippen molar-refractivity contribution in [2.45, 2.75) is 18.8 Å². The number of nitrogens with zero attached hydrogens (tertiary/aromatic N) is 6. The Hall–Kier alpha value is -2.51. The Labute approximate surface area is 128 Å². The van der Waals surface area contributed by atoms with Crippen LogP contribution in [0.15, 0.2) is 18.6 Å². The number of piperidine rings is 1. The molecule has 3 heterocycles. The molecule has 3 rings (SSSR count). The fraction of sp³-hybridized carbons (Fsp3) is 0.500. The van der Waals surface area contributed by atoms with Crippen molar-refractivity contribution in [3.05, 3.63) is 24.3 Å². The second-order valence-corrected chi connectivity index (χ2v) is 5.03. The van der Waals surface area contributed by atoms with Gasteiger partial charge in [0.05, 0.1) is 14.2 Å². The highest BCUT2D eigenvalue weighted by atomic mass is 16.5. The Morgan fingerprint density at radius 1 is 1.14 bits per heavy atom. The first-order valence-corrected chi connectivity index (χ1v) is 7.15. The van der Waals surface area contributed by atoms with E-state index in [1.165, 1.54) is 14.2 Å². The van der Waals surface area contributed by atoms with Crippen molar-refractivity contribution in [1.29, 1.82) is 0 Å². The molecule has 1 fully saturated rings. The summed E-state index contributed by atoms with van der Waals surface area (Å²) >= 11 is 0. The minimum absolute atomic E-state index is 0.256. The first-order chi connectivity index (χ1) is 10.8. The van der Waals surface area contributed by atoms with Gasteiger partial charge in [0.2, 0.25) is 5.95 Å². The summed E-state index contributed by atoms with van der Waals surface area (Å²) in [5.74, 6) is 0.910. The van der Waals surface area contributed by atoms with Crippen LogP contribution in [-0.4, -0.2) is 52.2 Å². The monoisotopic (exact) mass is 302 g/mol. The molecule has 22 heavy (non-hydrogen) atoms. The molecule has 0 bridgehead atoms. The van der Waals surface area contributed by atoms with Crippen LogP contribution in [0.2, 0.25) is 0 Å². The van der Waals surface area contributed by atoms with Gasteiger partial charge in [-0.2, -0.15) is 9.97 Å². The summed E-state index contributed by atoms with van der Waals surface area (Å²) in [5.41, 5.74) is 1.05. The van der Waals surface area contributed by atoms with Crippen molar-refractivity contribution < 1.29 is 9.47 Å². The largest absolute Gasteiger partial charge is 0.467 e. The molecule has 8 heteroatoms. The van der Waals surface area contributed by atoms with E-state index in [-0.39, 0.29) is 12.0 Å². The summed E-state index contributed by atoms with van der Waals surface area (Å²) in [6, 6.07) is 2.47. The number of methoxy groups -OCH3 is 2. The first-order valence-electron chi connectivity index (χ1n) is 7.15. The zero-order valence-corrected chi connectivity index (χ0v) is 12.6. The second-order valence-electron chi connectivity index (χ2n) is 5.03. The highest BCUT2D eigenvalue weighted by molar-refractivity contribution is 5.34. The smallest absolute Gasteiger partial charge is 0.324 e. The molecule has 0 saturated carbocycles. The van der Waals surface area contributed by atoms with Gasteiger partial charge in [0.1, 0.15) is 6.33 Å². The second kappa shape index (κ2) is 6.50. The minimum atomic E-state index is 0.256. The fourth-order valence-electron chi connectivity index (χ4n) is 2.59. The standard InChI is InChI=1S/C14H18N6O2/c1-21-13-17-12(18-14(19-13)22-2)20-7-3-4-10(8-20)11-5-6-15-9-16-11/h5-6,9-10H,3-4,7-8H2,1-2H3/t10-/m1/s1. The van der Waals surface area contributed by atoms with Crippen LogP contribution in [0.1, 0.15) is 24.5 Å². The number of hydrogen-bond donors (Lipinski definition) is 0. The van der Waals surface area contributed by atoms with Gasteiger partial charge in [-0.15, -0.1) is 4.98 Å².